The molecule has 100 valence electrons. The number of hydrogen-bond donors (Lipinski definition) is 0. The van der Waals surface area contributed by atoms with Crippen LogP contribution in [0.15, 0.2) is 21.1 Å². The third-order valence-electron chi connectivity index (χ3n) is 2.77. The van der Waals surface area contributed by atoms with Crippen LogP contribution in [-0.2, 0) is 27.2 Å². The molecule has 1 aliphatic rings. The summed E-state index contributed by atoms with van der Waals surface area (Å²) in [5.74, 6) is -0.933. The summed E-state index contributed by atoms with van der Waals surface area (Å²) in [5, 5.41) is -0.303. The lowest BCUT2D eigenvalue weighted by atomic mass is 9.90. The van der Waals surface area contributed by atoms with Gasteiger partial charge in [-0.3, -0.25) is 4.79 Å². The van der Waals surface area contributed by atoms with E-state index in [1.165, 1.54) is 6.26 Å². The molecule has 0 spiro atoms. The minimum Gasteiger partial charge on any atom is -0.612 e. The predicted molar refractivity (Wildman–Crippen MR) is 77.4 cm³/mol. The van der Waals surface area contributed by atoms with E-state index in [4.69, 9.17) is 23.2 Å². The highest BCUT2D eigenvalue weighted by Crippen LogP contribution is 2.39. The molecule has 1 aliphatic carbocycles. The Labute approximate surface area is 122 Å². The first-order chi connectivity index (χ1) is 8.36. The zero-order chi connectivity index (χ0) is 14.0. The molecule has 2 unspecified atom stereocenters. The van der Waals surface area contributed by atoms with Crippen molar-refractivity contribution in [2.45, 2.75) is 20.3 Å². The molecule has 18 heavy (non-hydrogen) atoms. The van der Waals surface area contributed by atoms with Gasteiger partial charge in [0.05, 0.1) is 21.2 Å². The van der Waals surface area contributed by atoms with Gasteiger partial charge in [-0.25, -0.2) is 4.21 Å². The molecule has 0 aromatic carbocycles. The molecule has 0 heterocycles. The summed E-state index contributed by atoms with van der Waals surface area (Å²) >= 11 is 10.5. The maximum atomic E-state index is 11.8. The molecule has 0 aromatic heterocycles. The van der Waals surface area contributed by atoms with Gasteiger partial charge < -0.3 is 4.55 Å². The van der Waals surface area contributed by atoms with E-state index < -0.39 is 22.3 Å². The maximum absolute atomic E-state index is 11.8. The first-order valence-corrected chi connectivity index (χ1v) is 8.21. The zero-order valence-corrected chi connectivity index (χ0v) is 13.2. The predicted octanol–water partition coefficient (Wildman–Crippen LogP) is 2.32. The van der Waals surface area contributed by atoms with E-state index in [1.54, 1.807) is 6.92 Å². The Bertz CT molecular complexity index is 502. The molecular formula is C11H12Cl2O3S2. The van der Waals surface area contributed by atoms with Crippen LogP contribution in [0.3, 0.4) is 0 Å². The number of hydrogen-bond acceptors (Lipinski definition) is 3. The minimum absolute atomic E-state index is 0.178. The number of rotatable bonds is 3. The number of carbonyl (C=O) groups excluding carboxylic acids is 1. The van der Waals surface area contributed by atoms with Crippen LogP contribution in [-0.4, -0.2) is 25.1 Å². The molecule has 0 saturated carbocycles. The van der Waals surface area contributed by atoms with Crippen LogP contribution >= 0.6 is 23.2 Å². The summed E-state index contributed by atoms with van der Waals surface area (Å²) in [7, 11) is 0. The van der Waals surface area contributed by atoms with E-state index >= 15 is 0 Å². The van der Waals surface area contributed by atoms with E-state index in [1.807, 2.05) is 6.92 Å². The van der Waals surface area contributed by atoms with Crippen molar-refractivity contribution in [1.29, 1.82) is 0 Å². The molecule has 7 heteroatoms. The molecule has 0 aliphatic heterocycles. The average molecular weight is 327 g/mol. The molecule has 0 N–H and O–H groups in total. The lowest BCUT2D eigenvalue weighted by Gasteiger charge is -2.26. The van der Waals surface area contributed by atoms with E-state index in [2.05, 4.69) is 0 Å². The van der Waals surface area contributed by atoms with Crippen molar-refractivity contribution >= 4 is 55.7 Å². The van der Waals surface area contributed by atoms with Gasteiger partial charge in [-0.2, -0.15) is 0 Å². The number of halogens is 2. The van der Waals surface area contributed by atoms with Gasteiger partial charge in [0.15, 0.2) is 4.91 Å². The Morgan fingerprint density at radius 1 is 1.56 bits per heavy atom. The summed E-state index contributed by atoms with van der Waals surface area (Å²) < 4.78 is 23.0. The van der Waals surface area contributed by atoms with Crippen molar-refractivity contribution in [3.63, 3.8) is 0 Å². The highest BCUT2D eigenvalue weighted by atomic mass is 35.5. The molecule has 0 fully saturated rings. The average Bonchev–Trinajstić information content (AvgIpc) is 2.30. The van der Waals surface area contributed by atoms with Crippen molar-refractivity contribution in [1.82, 2.24) is 0 Å². The second-order valence-corrected chi connectivity index (χ2v) is 6.48. The highest BCUT2D eigenvalue weighted by Gasteiger charge is 2.40. The first-order valence-electron chi connectivity index (χ1n) is 5.16. The molecule has 2 atom stereocenters. The fraction of sp³-hybridized carbons (Fsp3) is 0.455. The molecule has 0 amide bonds. The molecule has 0 aromatic rings. The number of allylic oxidation sites excluding steroid dienone is 4. The Morgan fingerprint density at radius 2 is 2.11 bits per heavy atom. The van der Waals surface area contributed by atoms with Gasteiger partial charge in [-0.1, -0.05) is 18.5 Å². The third kappa shape index (κ3) is 2.75. The summed E-state index contributed by atoms with van der Waals surface area (Å²) in [6.45, 7) is 3.52. The summed E-state index contributed by atoms with van der Waals surface area (Å²) in [4.78, 5) is 12.1. The van der Waals surface area contributed by atoms with Crippen molar-refractivity contribution in [2.24, 2.45) is 5.92 Å². The van der Waals surface area contributed by atoms with Crippen molar-refractivity contribution in [3.8, 4) is 0 Å². The molecule has 1 rings (SSSR count). The smallest absolute Gasteiger partial charge is 0.239 e. The summed E-state index contributed by atoms with van der Waals surface area (Å²) in [6, 6.07) is 0. The topological polar surface area (TPSA) is 57.2 Å². The zero-order valence-electron chi connectivity index (χ0n) is 10.1. The van der Waals surface area contributed by atoms with E-state index in [0.29, 0.717) is 27.5 Å². The van der Waals surface area contributed by atoms with Crippen LogP contribution < -0.4 is 0 Å². The Kier molecular flexibility index (Phi) is 5.67. The van der Waals surface area contributed by atoms with Gasteiger partial charge >= 0.3 is 0 Å². The van der Waals surface area contributed by atoms with Gasteiger partial charge in [0.1, 0.15) is 12.2 Å². The van der Waals surface area contributed by atoms with Crippen LogP contribution in [0.1, 0.15) is 20.3 Å². The Morgan fingerprint density at radius 3 is 2.44 bits per heavy atom. The quantitative estimate of drug-likeness (QED) is 0.454. The van der Waals surface area contributed by atoms with Crippen LogP contribution in [0, 0.1) is 5.92 Å². The van der Waals surface area contributed by atoms with Crippen LogP contribution in [0.2, 0.25) is 0 Å². The van der Waals surface area contributed by atoms with Crippen LogP contribution in [0.4, 0.5) is 0 Å². The monoisotopic (exact) mass is 326 g/mol. The van der Waals surface area contributed by atoms with Crippen molar-refractivity contribution in [3.05, 3.63) is 21.1 Å². The summed E-state index contributed by atoms with van der Waals surface area (Å²) in [5.41, 5.74) is 1.19. The Hall–Kier alpha value is -0.0700. The minimum atomic E-state index is -1.41. The second-order valence-electron chi connectivity index (χ2n) is 3.77. The molecule has 3 nitrogen and oxygen atoms in total. The lowest BCUT2D eigenvalue weighted by molar-refractivity contribution is -0.112. The van der Waals surface area contributed by atoms with Crippen LogP contribution in [0.25, 0.3) is 0 Å². The van der Waals surface area contributed by atoms with Crippen molar-refractivity contribution in [2.75, 3.05) is 6.26 Å². The highest BCUT2D eigenvalue weighted by molar-refractivity contribution is 7.94. The Balaban J connectivity index is 3.65. The van der Waals surface area contributed by atoms with E-state index in [-0.39, 0.29) is 16.1 Å². The summed E-state index contributed by atoms with van der Waals surface area (Å²) in [6.07, 6.45) is 1.98. The van der Waals surface area contributed by atoms with Gasteiger partial charge in [0.2, 0.25) is 5.24 Å². The SMILES string of the molecule is CCC1=C([S+](C)[O-])C(C(=O)Cl)C(=S=O)C(C)=C1Cl. The lowest BCUT2D eigenvalue weighted by Crippen LogP contribution is -2.32. The molecular weight excluding hydrogens is 315 g/mol. The van der Waals surface area contributed by atoms with E-state index in [0.717, 1.165) is 0 Å². The maximum Gasteiger partial charge on any atom is 0.239 e. The van der Waals surface area contributed by atoms with Gasteiger partial charge in [0.25, 0.3) is 0 Å². The first kappa shape index (κ1) is 16.0. The normalized spacial score (nSPS) is 22.3. The fourth-order valence-corrected chi connectivity index (χ4v) is 4.51. The fourth-order valence-electron chi connectivity index (χ4n) is 1.94. The molecule has 0 bridgehead atoms. The van der Waals surface area contributed by atoms with E-state index in [9.17, 15) is 13.6 Å². The molecule has 0 saturated heterocycles. The standard InChI is InChI=1S/C11H12Cl2O3S2/c1-4-6-8(12)5(2)9(17-15)7(11(13)14)10(6)18(3)16/h7H,4H2,1-3H3. The third-order valence-corrected chi connectivity index (χ3v) is 5.32. The van der Waals surface area contributed by atoms with Gasteiger partial charge in [-0.15, -0.1) is 0 Å². The van der Waals surface area contributed by atoms with Crippen molar-refractivity contribution < 1.29 is 13.6 Å². The van der Waals surface area contributed by atoms with Gasteiger partial charge in [-0.05, 0) is 41.7 Å². The van der Waals surface area contributed by atoms with Crippen LogP contribution in [0.5, 0.6) is 0 Å². The number of carbonyl (C=O) groups is 1. The second kappa shape index (κ2) is 6.39. The largest absolute Gasteiger partial charge is 0.612 e. The molecule has 0 radical (unpaired) electrons. The van der Waals surface area contributed by atoms with Gasteiger partial charge in [0, 0.05) is 5.57 Å².